The summed E-state index contributed by atoms with van der Waals surface area (Å²) in [7, 11) is 0. The molecule has 0 saturated carbocycles. The lowest BCUT2D eigenvalue weighted by Crippen LogP contribution is -2.50. The van der Waals surface area contributed by atoms with E-state index in [0.717, 1.165) is 31.6 Å². The fourth-order valence-electron chi connectivity index (χ4n) is 3.35. The zero-order chi connectivity index (χ0) is 20.4. The van der Waals surface area contributed by atoms with Crippen LogP contribution in [0.25, 0.3) is 0 Å². The third-order valence-corrected chi connectivity index (χ3v) is 5.02. The van der Waals surface area contributed by atoms with Crippen molar-refractivity contribution < 1.29 is 14.3 Å². The highest BCUT2D eigenvalue weighted by Gasteiger charge is 2.28. The Kier molecular flexibility index (Phi) is 9.05. The topological polar surface area (TPSA) is 85.7 Å². The van der Waals surface area contributed by atoms with Gasteiger partial charge in [-0.25, -0.2) is 0 Å². The van der Waals surface area contributed by atoms with Crippen LogP contribution >= 0.6 is 11.6 Å². The Hall–Kier alpha value is -2.30. The average Bonchev–Trinajstić information content (AvgIpc) is 2.72. The molecule has 8 heteroatoms. The number of ether oxygens (including phenoxy) is 1. The van der Waals surface area contributed by atoms with E-state index in [0.29, 0.717) is 31.8 Å². The highest BCUT2D eigenvalue weighted by atomic mass is 35.5. The molecular formula is C20H27ClN4O3. The van der Waals surface area contributed by atoms with Gasteiger partial charge in [0.1, 0.15) is 5.88 Å². The van der Waals surface area contributed by atoms with Crippen LogP contribution in [0.2, 0.25) is 0 Å². The first kappa shape index (κ1) is 22.0. The molecule has 1 aliphatic rings. The predicted molar refractivity (Wildman–Crippen MR) is 108 cm³/mol. The number of nitrogens with one attached hydrogen (secondary N) is 1. The van der Waals surface area contributed by atoms with E-state index in [1.807, 2.05) is 17.0 Å². The van der Waals surface area contributed by atoms with Crippen molar-refractivity contribution in [1.29, 1.82) is 5.26 Å². The number of esters is 1. The van der Waals surface area contributed by atoms with Gasteiger partial charge in [-0.2, -0.15) is 5.26 Å². The Morgan fingerprint density at radius 2 is 2.00 bits per heavy atom. The number of carbonyl (C=O) groups is 2. The van der Waals surface area contributed by atoms with Gasteiger partial charge in [0.25, 0.3) is 0 Å². The minimum Gasteiger partial charge on any atom is -0.465 e. The number of benzene rings is 1. The summed E-state index contributed by atoms with van der Waals surface area (Å²) in [5.41, 5.74) is 1.51. The van der Waals surface area contributed by atoms with Crippen LogP contribution in [-0.4, -0.2) is 72.9 Å². The van der Waals surface area contributed by atoms with E-state index in [1.165, 1.54) is 0 Å². The first-order chi connectivity index (χ1) is 13.6. The molecular weight excluding hydrogens is 380 g/mol. The normalized spacial score (nSPS) is 14.9. The van der Waals surface area contributed by atoms with E-state index in [4.69, 9.17) is 21.6 Å². The second kappa shape index (κ2) is 11.5. The monoisotopic (exact) mass is 406 g/mol. The number of nitriles is 1. The molecule has 0 unspecified atom stereocenters. The standard InChI is InChI=1S/C20H27ClN4O3/c1-2-28-20(27)15-24-10-7-18(8-11-24)25(19(26)13-21)12-9-23-17-5-3-16(14-22)4-6-17/h3-6,18,23H,2,7-13,15H2,1H3. The summed E-state index contributed by atoms with van der Waals surface area (Å²) in [6, 6.07) is 9.41. The number of rotatable bonds is 9. The van der Waals surface area contributed by atoms with E-state index in [2.05, 4.69) is 16.3 Å². The van der Waals surface area contributed by atoms with Crippen LogP contribution in [0, 0.1) is 11.3 Å². The molecule has 0 bridgehead atoms. The van der Waals surface area contributed by atoms with Crippen molar-refractivity contribution in [2.45, 2.75) is 25.8 Å². The summed E-state index contributed by atoms with van der Waals surface area (Å²) >= 11 is 5.81. The number of anilines is 1. The van der Waals surface area contributed by atoms with Gasteiger partial charge in [-0.15, -0.1) is 11.6 Å². The van der Waals surface area contributed by atoms with Gasteiger partial charge >= 0.3 is 5.97 Å². The van der Waals surface area contributed by atoms with Crippen LogP contribution in [0.3, 0.4) is 0 Å². The average molecular weight is 407 g/mol. The van der Waals surface area contributed by atoms with E-state index in [1.54, 1.807) is 19.1 Å². The van der Waals surface area contributed by atoms with Crippen molar-refractivity contribution >= 4 is 29.2 Å². The molecule has 1 aromatic rings. The van der Waals surface area contributed by atoms with Gasteiger partial charge in [-0.05, 0) is 44.0 Å². The number of hydrogen-bond donors (Lipinski definition) is 1. The van der Waals surface area contributed by atoms with Crippen LogP contribution in [0.5, 0.6) is 0 Å². The lowest BCUT2D eigenvalue weighted by atomic mass is 10.0. The molecule has 1 amide bonds. The van der Waals surface area contributed by atoms with Crippen molar-refractivity contribution in [2.75, 3.05) is 50.5 Å². The lowest BCUT2D eigenvalue weighted by molar-refractivity contribution is -0.145. The highest BCUT2D eigenvalue weighted by Crippen LogP contribution is 2.17. The van der Waals surface area contributed by atoms with Crippen molar-refractivity contribution in [3.05, 3.63) is 29.8 Å². The zero-order valence-corrected chi connectivity index (χ0v) is 17.0. The number of alkyl halides is 1. The van der Waals surface area contributed by atoms with Gasteiger partial charge in [0.2, 0.25) is 5.91 Å². The van der Waals surface area contributed by atoms with Crippen LogP contribution < -0.4 is 5.32 Å². The Balaban J connectivity index is 1.83. The van der Waals surface area contributed by atoms with Crippen molar-refractivity contribution in [1.82, 2.24) is 9.80 Å². The number of piperidine rings is 1. The molecule has 1 saturated heterocycles. The van der Waals surface area contributed by atoms with Gasteiger partial charge in [0, 0.05) is 37.9 Å². The maximum absolute atomic E-state index is 12.3. The number of likely N-dealkylation sites (tertiary alicyclic amines) is 1. The number of carbonyl (C=O) groups excluding carboxylic acids is 2. The molecule has 0 spiro atoms. The van der Waals surface area contributed by atoms with Crippen molar-refractivity contribution in [2.24, 2.45) is 0 Å². The van der Waals surface area contributed by atoms with Gasteiger partial charge in [0.15, 0.2) is 0 Å². The zero-order valence-electron chi connectivity index (χ0n) is 16.2. The van der Waals surface area contributed by atoms with E-state index >= 15 is 0 Å². The molecule has 0 atom stereocenters. The molecule has 28 heavy (non-hydrogen) atoms. The SMILES string of the molecule is CCOC(=O)CN1CCC(N(CCNc2ccc(C#N)cc2)C(=O)CCl)CC1. The molecule has 152 valence electrons. The van der Waals surface area contributed by atoms with Crippen molar-refractivity contribution in [3.8, 4) is 6.07 Å². The summed E-state index contributed by atoms with van der Waals surface area (Å²) in [5.74, 6) is -0.326. The van der Waals surface area contributed by atoms with Crippen LogP contribution in [0.4, 0.5) is 5.69 Å². The summed E-state index contributed by atoms with van der Waals surface area (Å²) in [5, 5.41) is 12.1. The molecule has 0 radical (unpaired) electrons. The molecule has 1 aromatic carbocycles. The highest BCUT2D eigenvalue weighted by molar-refractivity contribution is 6.27. The van der Waals surface area contributed by atoms with Crippen molar-refractivity contribution in [3.63, 3.8) is 0 Å². The quantitative estimate of drug-likeness (QED) is 0.499. The summed E-state index contributed by atoms with van der Waals surface area (Å²) in [6.45, 7) is 5.12. The molecule has 1 fully saturated rings. The van der Waals surface area contributed by atoms with Crippen LogP contribution in [0.1, 0.15) is 25.3 Å². The Morgan fingerprint density at radius 3 is 2.57 bits per heavy atom. The molecule has 2 rings (SSSR count). The summed E-state index contributed by atoms with van der Waals surface area (Å²) in [6.07, 6.45) is 1.61. The number of nitrogens with zero attached hydrogens (tertiary/aromatic N) is 3. The van der Waals surface area contributed by atoms with Gasteiger partial charge in [-0.1, -0.05) is 0 Å². The minimum absolute atomic E-state index is 0.0418. The van der Waals surface area contributed by atoms with Crippen LogP contribution in [-0.2, 0) is 14.3 Å². The predicted octanol–water partition coefficient (Wildman–Crippen LogP) is 2.07. The summed E-state index contributed by atoms with van der Waals surface area (Å²) < 4.78 is 5.00. The lowest BCUT2D eigenvalue weighted by Gasteiger charge is -2.38. The second-order valence-electron chi connectivity index (χ2n) is 6.65. The van der Waals surface area contributed by atoms with E-state index in [-0.39, 0.29) is 23.8 Å². The third-order valence-electron chi connectivity index (χ3n) is 4.79. The Morgan fingerprint density at radius 1 is 1.32 bits per heavy atom. The van der Waals surface area contributed by atoms with Crippen LogP contribution in [0.15, 0.2) is 24.3 Å². The molecule has 1 N–H and O–H groups in total. The molecule has 1 heterocycles. The Bertz CT molecular complexity index is 682. The smallest absolute Gasteiger partial charge is 0.320 e. The fraction of sp³-hybridized carbons (Fsp3) is 0.550. The molecule has 1 aliphatic heterocycles. The molecule has 7 nitrogen and oxygen atoms in total. The number of halogens is 1. The first-order valence-electron chi connectivity index (χ1n) is 9.54. The largest absolute Gasteiger partial charge is 0.465 e. The van der Waals surface area contributed by atoms with Gasteiger partial charge < -0.3 is 15.0 Å². The number of amides is 1. The summed E-state index contributed by atoms with van der Waals surface area (Å²) in [4.78, 5) is 27.9. The second-order valence-corrected chi connectivity index (χ2v) is 6.92. The maximum Gasteiger partial charge on any atom is 0.320 e. The molecule has 0 aromatic heterocycles. The third kappa shape index (κ3) is 6.70. The minimum atomic E-state index is -0.207. The fourth-order valence-corrected chi connectivity index (χ4v) is 3.50. The first-order valence-corrected chi connectivity index (χ1v) is 10.1. The van der Waals surface area contributed by atoms with Gasteiger partial charge in [0.05, 0.1) is 24.8 Å². The van der Waals surface area contributed by atoms with E-state index < -0.39 is 0 Å². The van der Waals surface area contributed by atoms with Gasteiger partial charge in [-0.3, -0.25) is 14.5 Å². The Labute approximate surface area is 171 Å². The van der Waals surface area contributed by atoms with E-state index in [9.17, 15) is 9.59 Å². The molecule has 0 aliphatic carbocycles. The maximum atomic E-state index is 12.3. The number of hydrogen-bond acceptors (Lipinski definition) is 6.